The molecule has 0 radical (unpaired) electrons. The maximum Gasteiger partial charge on any atom is 0.257 e. The number of carbonyl (C=O) groups is 2. The molecule has 0 saturated heterocycles. The molecular formula is C28H27FN4O2. The van der Waals surface area contributed by atoms with Crippen molar-refractivity contribution in [2.45, 2.75) is 26.7 Å². The first kappa shape index (κ1) is 22.7. The van der Waals surface area contributed by atoms with E-state index in [4.69, 9.17) is 0 Å². The third kappa shape index (κ3) is 4.49. The van der Waals surface area contributed by atoms with E-state index < -0.39 is 0 Å². The van der Waals surface area contributed by atoms with Crippen LogP contribution in [0.15, 0.2) is 66.5 Å². The number of anilines is 2. The number of Topliss-reactive ketones (excluding diaryl/α,β-unsaturated/α-hetero) is 1. The zero-order chi connectivity index (χ0) is 24.5. The molecule has 5 rings (SSSR count). The highest BCUT2D eigenvalue weighted by atomic mass is 19.1. The van der Waals surface area contributed by atoms with Gasteiger partial charge in [0.15, 0.2) is 5.78 Å². The van der Waals surface area contributed by atoms with Gasteiger partial charge in [-0.1, -0.05) is 31.2 Å². The van der Waals surface area contributed by atoms with Crippen molar-refractivity contribution in [1.29, 1.82) is 0 Å². The van der Waals surface area contributed by atoms with E-state index in [0.717, 1.165) is 41.2 Å². The van der Waals surface area contributed by atoms with Crippen molar-refractivity contribution < 1.29 is 14.0 Å². The Hall–Kier alpha value is -4.13. The molecule has 0 spiro atoms. The molecule has 2 aliphatic rings. The Balaban J connectivity index is 1.49. The van der Waals surface area contributed by atoms with Gasteiger partial charge in [-0.3, -0.25) is 9.59 Å². The van der Waals surface area contributed by atoms with E-state index >= 15 is 0 Å². The third-order valence-corrected chi connectivity index (χ3v) is 6.53. The Morgan fingerprint density at radius 2 is 1.94 bits per heavy atom. The SMILES string of the molecule is Cc1cc(F)ccc1C(=O)NC1=CC(c2[nH]c3c(c2Nc2ccccc2)C(=O)C(C)CC3)=CCN1. The van der Waals surface area contributed by atoms with Crippen molar-refractivity contribution in [3.63, 3.8) is 0 Å². The number of nitrogens with one attached hydrogen (secondary N) is 4. The Morgan fingerprint density at radius 3 is 2.71 bits per heavy atom. The van der Waals surface area contributed by atoms with Gasteiger partial charge in [0.1, 0.15) is 11.6 Å². The third-order valence-electron chi connectivity index (χ3n) is 6.53. The van der Waals surface area contributed by atoms with Crippen LogP contribution in [0.5, 0.6) is 0 Å². The maximum atomic E-state index is 13.5. The number of amides is 1. The average Bonchev–Trinajstić information content (AvgIpc) is 3.21. The van der Waals surface area contributed by atoms with Crippen LogP contribution in [0.3, 0.4) is 0 Å². The molecule has 7 heteroatoms. The number of para-hydroxylation sites is 1. The summed E-state index contributed by atoms with van der Waals surface area (Å²) in [4.78, 5) is 29.5. The molecule has 2 heterocycles. The fourth-order valence-electron chi connectivity index (χ4n) is 4.62. The summed E-state index contributed by atoms with van der Waals surface area (Å²) >= 11 is 0. The second-order valence-corrected chi connectivity index (χ2v) is 9.04. The zero-order valence-corrected chi connectivity index (χ0v) is 19.7. The van der Waals surface area contributed by atoms with Crippen LogP contribution in [0.25, 0.3) is 5.57 Å². The molecule has 1 unspecified atom stereocenters. The molecule has 1 aromatic heterocycles. The molecule has 0 bridgehead atoms. The summed E-state index contributed by atoms with van der Waals surface area (Å²) in [6.45, 7) is 4.18. The number of aromatic amines is 1. The van der Waals surface area contributed by atoms with Gasteiger partial charge in [-0.2, -0.15) is 0 Å². The number of halogens is 1. The Morgan fingerprint density at radius 1 is 1.14 bits per heavy atom. The van der Waals surface area contributed by atoms with E-state index in [-0.39, 0.29) is 23.4 Å². The number of carbonyl (C=O) groups excluding carboxylic acids is 2. The summed E-state index contributed by atoms with van der Waals surface area (Å²) < 4.78 is 13.5. The monoisotopic (exact) mass is 470 g/mol. The summed E-state index contributed by atoms with van der Waals surface area (Å²) in [5, 5.41) is 9.52. The molecule has 6 nitrogen and oxygen atoms in total. The predicted octanol–water partition coefficient (Wildman–Crippen LogP) is 5.23. The van der Waals surface area contributed by atoms with E-state index in [1.807, 2.05) is 49.4 Å². The molecule has 1 amide bonds. The van der Waals surface area contributed by atoms with Crippen molar-refractivity contribution in [3.05, 3.63) is 100 Å². The number of hydrogen-bond acceptors (Lipinski definition) is 4. The number of benzene rings is 2. The molecule has 35 heavy (non-hydrogen) atoms. The first-order valence-electron chi connectivity index (χ1n) is 11.8. The van der Waals surface area contributed by atoms with Crippen LogP contribution in [0.2, 0.25) is 0 Å². The molecule has 2 aromatic carbocycles. The van der Waals surface area contributed by atoms with Gasteiger partial charge in [-0.15, -0.1) is 0 Å². The number of aryl methyl sites for hydroxylation is 2. The summed E-state index contributed by atoms with van der Waals surface area (Å²) in [6.07, 6.45) is 5.47. The van der Waals surface area contributed by atoms with Gasteiger partial charge in [0.25, 0.3) is 5.91 Å². The lowest BCUT2D eigenvalue weighted by Crippen LogP contribution is -2.33. The van der Waals surface area contributed by atoms with E-state index in [2.05, 4.69) is 20.9 Å². The lowest BCUT2D eigenvalue weighted by atomic mass is 9.86. The average molecular weight is 471 g/mol. The van der Waals surface area contributed by atoms with E-state index in [9.17, 15) is 14.0 Å². The summed E-state index contributed by atoms with van der Waals surface area (Å²) in [5.41, 5.74) is 5.94. The van der Waals surface area contributed by atoms with E-state index in [1.165, 1.54) is 18.2 Å². The first-order valence-corrected chi connectivity index (χ1v) is 11.8. The molecule has 0 fully saturated rings. The minimum atomic E-state index is -0.378. The van der Waals surface area contributed by atoms with Gasteiger partial charge in [-0.05, 0) is 61.7 Å². The topological polar surface area (TPSA) is 86.0 Å². The predicted molar refractivity (Wildman–Crippen MR) is 135 cm³/mol. The first-order chi connectivity index (χ1) is 16.9. The fourth-order valence-corrected chi connectivity index (χ4v) is 4.62. The van der Waals surface area contributed by atoms with Gasteiger partial charge in [0, 0.05) is 35.0 Å². The minimum absolute atomic E-state index is 0.0335. The van der Waals surface area contributed by atoms with Gasteiger partial charge in [0.2, 0.25) is 0 Å². The quantitative estimate of drug-likeness (QED) is 0.411. The van der Waals surface area contributed by atoms with Crippen LogP contribution in [0, 0.1) is 18.7 Å². The van der Waals surface area contributed by atoms with Crippen molar-refractivity contribution in [2.75, 3.05) is 11.9 Å². The van der Waals surface area contributed by atoms with Crippen LogP contribution in [-0.4, -0.2) is 23.2 Å². The van der Waals surface area contributed by atoms with Crippen molar-refractivity contribution >= 4 is 28.6 Å². The van der Waals surface area contributed by atoms with Gasteiger partial charge in [-0.25, -0.2) is 4.39 Å². The lowest BCUT2D eigenvalue weighted by molar-refractivity contribution is 0.0913. The van der Waals surface area contributed by atoms with Gasteiger partial charge < -0.3 is 20.9 Å². The van der Waals surface area contributed by atoms with Crippen LogP contribution in [0.4, 0.5) is 15.8 Å². The second-order valence-electron chi connectivity index (χ2n) is 9.04. The minimum Gasteiger partial charge on any atom is -0.368 e. The number of allylic oxidation sites excluding steroid dienone is 2. The summed E-state index contributed by atoms with van der Waals surface area (Å²) in [5.74, 6) is -0.0637. The molecule has 3 aromatic rings. The van der Waals surface area contributed by atoms with Gasteiger partial charge in [0.05, 0.1) is 16.9 Å². The highest BCUT2D eigenvalue weighted by molar-refractivity contribution is 6.08. The number of fused-ring (bicyclic) bond motifs is 1. The van der Waals surface area contributed by atoms with E-state index in [1.54, 1.807) is 6.92 Å². The molecule has 1 atom stereocenters. The summed E-state index contributed by atoms with van der Waals surface area (Å²) in [6, 6.07) is 13.9. The number of H-pyrrole nitrogens is 1. The van der Waals surface area contributed by atoms with E-state index in [0.29, 0.717) is 29.1 Å². The highest BCUT2D eigenvalue weighted by Gasteiger charge is 2.31. The molecule has 1 aliphatic heterocycles. The highest BCUT2D eigenvalue weighted by Crippen LogP contribution is 2.39. The summed E-state index contributed by atoms with van der Waals surface area (Å²) in [7, 11) is 0. The van der Waals surface area contributed by atoms with Crippen molar-refractivity contribution in [2.24, 2.45) is 5.92 Å². The van der Waals surface area contributed by atoms with Crippen molar-refractivity contribution in [1.82, 2.24) is 15.6 Å². The number of dihydropyridines is 1. The number of hydrogen-bond donors (Lipinski definition) is 4. The molecule has 4 N–H and O–H groups in total. The number of rotatable bonds is 5. The molecule has 178 valence electrons. The smallest absolute Gasteiger partial charge is 0.257 e. The van der Waals surface area contributed by atoms with Crippen LogP contribution in [0.1, 0.15) is 51.0 Å². The maximum absolute atomic E-state index is 13.5. The standard InChI is InChI=1S/C28H27FN4O2/c1-16-8-11-22-24(27(16)34)26(31-20-6-4-3-5-7-20)25(32-22)18-12-13-30-23(15-18)33-28(35)21-10-9-19(29)14-17(21)2/h3-7,9-10,12,14-16,30-32H,8,11,13H2,1-2H3,(H,33,35). The molecule has 0 saturated carbocycles. The van der Waals surface area contributed by atoms with Crippen LogP contribution < -0.4 is 16.0 Å². The molecule has 1 aliphatic carbocycles. The Labute approximate surface area is 203 Å². The van der Waals surface area contributed by atoms with Crippen molar-refractivity contribution in [3.8, 4) is 0 Å². The second kappa shape index (κ2) is 9.25. The Kier molecular flexibility index (Phi) is 5.99. The van der Waals surface area contributed by atoms with Crippen LogP contribution >= 0.6 is 0 Å². The number of aromatic nitrogens is 1. The molecular weight excluding hydrogens is 443 g/mol. The largest absolute Gasteiger partial charge is 0.368 e. The Bertz CT molecular complexity index is 1370. The lowest BCUT2D eigenvalue weighted by Gasteiger charge is -2.19. The normalized spacial score (nSPS) is 17.1. The number of ketones is 1. The van der Waals surface area contributed by atoms with Gasteiger partial charge >= 0.3 is 0 Å². The fraction of sp³-hybridized carbons (Fsp3) is 0.214. The van der Waals surface area contributed by atoms with Crippen LogP contribution in [-0.2, 0) is 6.42 Å². The zero-order valence-electron chi connectivity index (χ0n) is 19.7.